The molecule has 0 aliphatic rings. The molecule has 9 heteroatoms. The zero-order chi connectivity index (χ0) is 22.7. The minimum absolute atomic E-state index is 0.196. The van der Waals surface area contributed by atoms with Crippen molar-refractivity contribution >= 4 is 50.6 Å². The lowest BCUT2D eigenvalue weighted by Crippen LogP contribution is -2.03. The third-order valence-corrected chi connectivity index (χ3v) is 6.14. The molecule has 0 aliphatic heterocycles. The summed E-state index contributed by atoms with van der Waals surface area (Å²) in [6, 6.07) is 11.4. The summed E-state index contributed by atoms with van der Waals surface area (Å²) in [4.78, 5) is 22.1. The second kappa shape index (κ2) is 9.50. The summed E-state index contributed by atoms with van der Waals surface area (Å²) in [5.41, 5.74) is 2.15. The number of benzene rings is 2. The van der Waals surface area contributed by atoms with Gasteiger partial charge in [-0.2, -0.15) is 0 Å². The molecule has 0 saturated carbocycles. The summed E-state index contributed by atoms with van der Waals surface area (Å²) in [5, 5.41) is 4.38. The van der Waals surface area contributed by atoms with Crippen LogP contribution in [0.2, 0.25) is 5.02 Å². The van der Waals surface area contributed by atoms with Crippen molar-refractivity contribution in [1.29, 1.82) is 0 Å². The molecule has 6 nitrogen and oxygen atoms in total. The number of nitrogens with one attached hydrogen (secondary N) is 1. The third kappa shape index (κ3) is 4.66. The first-order valence-electron chi connectivity index (χ1n) is 9.81. The van der Waals surface area contributed by atoms with Gasteiger partial charge in [0.25, 0.3) is 0 Å². The van der Waals surface area contributed by atoms with Crippen molar-refractivity contribution in [1.82, 2.24) is 9.97 Å². The smallest absolute Gasteiger partial charge is 0.348 e. The molecule has 4 rings (SSSR count). The highest BCUT2D eigenvalue weighted by Crippen LogP contribution is 2.36. The summed E-state index contributed by atoms with van der Waals surface area (Å²) in [6.45, 7) is 4.11. The van der Waals surface area contributed by atoms with Gasteiger partial charge in [-0.25, -0.2) is 19.2 Å². The molecule has 2 heterocycles. The van der Waals surface area contributed by atoms with E-state index >= 15 is 0 Å². The second-order valence-electron chi connectivity index (χ2n) is 6.87. The van der Waals surface area contributed by atoms with E-state index in [-0.39, 0.29) is 18.4 Å². The normalized spacial score (nSPS) is 10.9. The predicted octanol–water partition coefficient (Wildman–Crippen LogP) is 6.29. The van der Waals surface area contributed by atoms with E-state index < -0.39 is 0 Å². The number of aryl methyl sites for hydroxylation is 1. The van der Waals surface area contributed by atoms with Gasteiger partial charge in [0, 0.05) is 5.69 Å². The van der Waals surface area contributed by atoms with Gasteiger partial charge in [0.15, 0.2) is 0 Å². The fourth-order valence-corrected chi connectivity index (χ4v) is 4.46. The highest BCUT2D eigenvalue weighted by molar-refractivity contribution is 7.20. The Bertz CT molecular complexity index is 1290. The molecule has 0 spiro atoms. The SMILES string of the molecule is CCOC(=O)c1sc2ncnc(Nc3ccc(OCc4cccc(F)c4)c(Cl)c3)c2c1C. The largest absolute Gasteiger partial charge is 0.487 e. The van der Waals surface area contributed by atoms with E-state index in [0.29, 0.717) is 44.2 Å². The van der Waals surface area contributed by atoms with Crippen LogP contribution in [-0.4, -0.2) is 22.5 Å². The number of fused-ring (bicyclic) bond motifs is 1. The maximum Gasteiger partial charge on any atom is 0.348 e. The average molecular weight is 472 g/mol. The van der Waals surface area contributed by atoms with Gasteiger partial charge in [-0.3, -0.25) is 0 Å². The van der Waals surface area contributed by atoms with Crippen LogP contribution in [-0.2, 0) is 11.3 Å². The van der Waals surface area contributed by atoms with Gasteiger partial charge in [0.1, 0.15) is 40.0 Å². The van der Waals surface area contributed by atoms with Gasteiger partial charge in [-0.05, 0) is 55.3 Å². The number of nitrogens with zero attached hydrogens (tertiary/aromatic N) is 2. The topological polar surface area (TPSA) is 73.3 Å². The van der Waals surface area contributed by atoms with Crippen molar-refractivity contribution in [2.45, 2.75) is 20.5 Å². The van der Waals surface area contributed by atoms with Crippen molar-refractivity contribution < 1.29 is 18.7 Å². The lowest BCUT2D eigenvalue weighted by Gasteiger charge is -2.11. The molecule has 0 amide bonds. The van der Waals surface area contributed by atoms with Crippen LogP contribution in [0.25, 0.3) is 10.2 Å². The first-order chi connectivity index (χ1) is 15.5. The Morgan fingerprint density at radius 2 is 2.06 bits per heavy atom. The number of carbonyl (C=O) groups excluding carboxylic acids is 1. The first-order valence-corrected chi connectivity index (χ1v) is 11.0. The maximum absolute atomic E-state index is 13.3. The molecule has 0 unspecified atom stereocenters. The quantitative estimate of drug-likeness (QED) is 0.319. The Labute approximate surface area is 193 Å². The summed E-state index contributed by atoms with van der Waals surface area (Å²) >= 11 is 7.66. The van der Waals surface area contributed by atoms with Crippen LogP contribution >= 0.6 is 22.9 Å². The molecule has 0 saturated heterocycles. The van der Waals surface area contributed by atoms with Crippen molar-refractivity contribution in [2.75, 3.05) is 11.9 Å². The summed E-state index contributed by atoms with van der Waals surface area (Å²) in [5.74, 6) is 0.346. The predicted molar refractivity (Wildman–Crippen MR) is 124 cm³/mol. The van der Waals surface area contributed by atoms with Crippen LogP contribution < -0.4 is 10.1 Å². The molecule has 1 N–H and O–H groups in total. The molecule has 32 heavy (non-hydrogen) atoms. The Balaban J connectivity index is 1.55. The zero-order valence-corrected chi connectivity index (χ0v) is 18.9. The molecule has 0 radical (unpaired) electrons. The van der Waals surface area contributed by atoms with Crippen molar-refractivity contribution in [3.05, 3.63) is 75.6 Å². The van der Waals surface area contributed by atoms with Gasteiger partial charge in [0.05, 0.1) is 17.0 Å². The molecule has 0 fully saturated rings. The summed E-state index contributed by atoms with van der Waals surface area (Å²) in [7, 11) is 0. The number of aromatic nitrogens is 2. The van der Waals surface area contributed by atoms with Gasteiger partial charge in [0.2, 0.25) is 0 Å². The lowest BCUT2D eigenvalue weighted by molar-refractivity contribution is 0.0531. The number of thiophene rings is 1. The number of hydrogen-bond acceptors (Lipinski definition) is 7. The average Bonchev–Trinajstić information content (AvgIpc) is 3.11. The molecule has 0 atom stereocenters. The zero-order valence-electron chi connectivity index (χ0n) is 17.3. The number of halogens is 2. The fourth-order valence-electron chi connectivity index (χ4n) is 3.18. The number of esters is 1. The van der Waals surface area contributed by atoms with Gasteiger partial charge < -0.3 is 14.8 Å². The molecule has 2 aromatic heterocycles. The lowest BCUT2D eigenvalue weighted by atomic mass is 10.2. The van der Waals surface area contributed by atoms with Crippen LogP contribution in [0.4, 0.5) is 15.9 Å². The van der Waals surface area contributed by atoms with E-state index in [1.165, 1.54) is 29.8 Å². The van der Waals surface area contributed by atoms with E-state index in [1.54, 1.807) is 37.3 Å². The standard InChI is InChI=1S/C23H19ClFN3O3S/c1-3-30-23(29)20-13(2)19-21(26-12-27-22(19)32-20)28-16-7-8-18(17(24)10-16)31-11-14-5-4-6-15(25)9-14/h4-10,12H,3,11H2,1-2H3,(H,26,27,28). The monoisotopic (exact) mass is 471 g/mol. The fraction of sp³-hybridized carbons (Fsp3) is 0.174. The van der Waals surface area contributed by atoms with E-state index in [9.17, 15) is 9.18 Å². The van der Waals surface area contributed by atoms with Crippen molar-refractivity contribution in [3.63, 3.8) is 0 Å². The van der Waals surface area contributed by atoms with E-state index in [2.05, 4.69) is 15.3 Å². The van der Waals surface area contributed by atoms with E-state index in [1.807, 2.05) is 6.92 Å². The summed E-state index contributed by atoms with van der Waals surface area (Å²) < 4.78 is 24.2. The van der Waals surface area contributed by atoms with Crippen molar-refractivity contribution in [3.8, 4) is 5.75 Å². The maximum atomic E-state index is 13.3. The third-order valence-electron chi connectivity index (χ3n) is 4.67. The van der Waals surface area contributed by atoms with Crippen LogP contribution in [0.1, 0.15) is 27.7 Å². The number of rotatable bonds is 7. The number of hydrogen-bond donors (Lipinski definition) is 1. The molecule has 4 aromatic rings. The number of carbonyl (C=O) groups is 1. The molecular formula is C23H19ClFN3O3S. The Hall–Kier alpha value is -3.23. The molecule has 0 aliphatic carbocycles. The first kappa shape index (κ1) is 22.0. The molecule has 0 bridgehead atoms. The Morgan fingerprint density at radius 1 is 1.22 bits per heavy atom. The number of anilines is 2. The molecular weight excluding hydrogens is 453 g/mol. The van der Waals surface area contributed by atoms with E-state index in [4.69, 9.17) is 21.1 Å². The van der Waals surface area contributed by atoms with Crippen LogP contribution in [0.15, 0.2) is 48.8 Å². The minimum atomic E-state index is -0.373. The van der Waals surface area contributed by atoms with E-state index in [0.717, 1.165) is 10.9 Å². The highest BCUT2D eigenvalue weighted by Gasteiger charge is 2.20. The van der Waals surface area contributed by atoms with Crippen molar-refractivity contribution in [2.24, 2.45) is 0 Å². The minimum Gasteiger partial charge on any atom is -0.487 e. The Morgan fingerprint density at radius 3 is 2.81 bits per heavy atom. The highest BCUT2D eigenvalue weighted by atomic mass is 35.5. The molecule has 164 valence electrons. The Kier molecular flexibility index (Phi) is 6.53. The van der Waals surface area contributed by atoms with Crippen LogP contribution in [0, 0.1) is 12.7 Å². The van der Waals surface area contributed by atoms with Gasteiger partial charge in [-0.1, -0.05) is 23.7 Å². The molecule has 2 aromatic carbocycles. The summed E-state index contributed by atoms with van der Waals surface area (Å²) in [6.07, 6.45) is 1.44. The van der Waals surface area contributed by atoms with Crippen LogP contribution in [0.3, 0.4) is 0 Å². The number of ether oxygens (including phenoxy) is 2. The van der Waals surface area contributed by atoms with Gasteiger partial charge >= 0.3 is 5.97 Å². The van der Waals surface area contributed by atoms with Crippen LogP contribution in [0.5, 0.6) is 5.75 Å². The second-order valence-corrected chi connectivity index (χ2v) is 8.27. The van der Waals surface area contributed by atoms with Gasteiger partial charge in [-0.15, -0.1) is 11.3 Å².